The summed E-state index contributed by atoms with van der Waals surface area (Å²) < 4.78 is 12.5. The summed E-state index contributed by atoms with van der Waals surface area (Å²) in [5.41, 5.74) is 1.94. The predicted molar refractivity (Wildman–Crippen MR) is 115 cm³/mol. The zero-order valence-corrected chi connectivity index (χ0v) is 17.5. The van der Waals surface area contributed by atoms with Crippen LogP contribution in [0.4, 0.5) is 11.6 Å². The molecule has 0 spiro atoms. The highest BCUT2D eigenvalue weighted by molar-refractivity contribution is 6.41. The molecule has 0 saturated carbocycles. The Hall–Kier alpha value is -2.74. The van der Waals surface area contributed by atoms with E-state index in [0.29, 0.717) is 34.1 Å². The van der Waals surface area contributed by atoms with Gasteiger partial charge in [-0.05, 0) is 12.1 Å². The van der Waals surface area contributed by atoms with Crippen LogP contribution in [0.15, 0.2) is 42.7 Å². The fourth-order valence-corrected chi connectivity index (χ4v) is 3.63. The molecule has 0 radical (unpaired) electrons. The van der Waals surface area contributed by atoms with Crippen molar-refractivity contribution in [1.29, 1.82) is 0 Å². The monoisotopic (exact) mass is 449 g/mol. The quantitative estimate of drug-likeness (QED) is 0.403. The molecule has 4 aromatic rings. The van der Waals surface area contributed by atoms with E-state index in [4.69, 9.17) is 44.3 Å². The number of aromatic nitrogens is 4. The van der Waals surface area contributed by atoms with Gasteiger partial charge in [0.2, 0.25) is 5.95 Å². The van der Waals surface area contributed by atoms with E-state index >= 15 is 0 Å². The SMILES string of the molecule is COc1cc(OC)c(Cl)c(Nc2nc3ccccc3n2-c2cc(Cl)ncn2)c1Cl. The third kappa shape index (κ3) is 3.53. The Bertz CT molecular complexity index is 1180. The number of hydrogen-bond acceptors (Lipinski definition) is 6. The summed E-state index contributed by atoms with van der Waals surface area (Å²) in [4.78, 5) is 12.9. The lowest BCUT2D eigenvalue weighted by atomic mass is 10.2. The molecule has 0 unspecified atom stereocenters. The highest BCUT2D eigenvalue weighted by Gasteiger charge is 2.21. The number of benzene rings is 2. The van der Waals surface area contributed by atoms with E-state index in [-0.39, 0.29) is 10.0 Å². The Morgan fingerprint density at radius 1 is 0.931 bits per heavy atom. The summed E-state index contributed by atoms with van der Waals surface area (Å²) >= 11 is 19.1. The van der Waals surface area contributed by atoms with E-state index in [1.807, 2.05) is 24.3 Å². The first-order valence-electron chi connectivity index (χ1n) is 8.36. The number of anilines is 2. The maximum absolute atomic E-state index is 6.50. The van der Waals surface area contributed by atoms with E-state index in [1.165, 1.54) is 20.5 Å². The van der Waals surface area contributed by atoms with Gasteiger partial charge in [0.1, 0.15) is 38.8 Å². The van der Waals surface area contributed by atoms with Crippen molar-refractivity contribution < 1.29 is 9.47 Å². The van der Waals surface area contributed by atoms with E-state index in [9.17, 15) is 0 Å². The van der Waals surface area contributed by atoms with Crippen molar-refractivity contribution in [1.82, 2.24) is 19.5 Å². The van der Waals surface area contributed by atoms with Gasteiger partial charge in [0, 0.05) is 12.1 Å². The van der Waals surface area contributed by atoms with Crippen LogP contribution in [0.2, 0.25) is 15.2 Å². The summed E-state index contributed by atoms with van der Waals surface area (Å²) in [5.74, 6) is 1.77. The smallest absolute Gasteiger partial charge is 0.214 e. The number of rotatable bonds is 5. The van der Waals surface area contributed by atoms with E-state index < -0.39 is 0 Å². The predicted octanol–water partition coefficient (Wildman–Crippen LogP) is 5.54. The third-order valence-electron chi connectivity index (χ3n) is 4.22. The number of methoxy groups -OCH3 is 2. The van der Waals surface area contributed by atoms with E-state index in [0.717, 1.165) is 11.0 Å². The lowest BCUT2D eigenvalue weighted by molar-refractivity contribution is 0.395. The number of nitrogens with zero attached hydrogens (tertiary/aromatic N) is 4. The number of fused-ring (bicyclic) bond motifs is 1. The molecule has 0 amide bonds. The standard InChI is InChI=1S/C19H14Cl3N5O2/c1-28-12-7-13(29-2)17(22)18(16(12)21)26-19-25-10-5-3-4-6-11(10)27(19)15-8-14(20)23-9-24-15/h3-9H,1-2H3,(H,25,26). The van der Waals surface area contributed by atoms with Gasteiger partial charge in [-0.25, -0.2) is 15.0 Å². The molecule has 10 heteroatoms. The van der Waals surface area contributed by atoms with E-state index in [1.54, 1.807) is 16.7 Å². The maximum atomic E-state index is 6.50. The van der Waals surface area contributed by atoms with Crippen molar-refractivity contribution in [2.24, 2.45) is 0 Å². The van der Waals surface area contributed by atoms with Gasteiger partial charge in [-0.15, -0.1) is 0 Å². The molecular weight excluding hydrogens is 437 g/mol. The first kappa shape index (κ1) is 19.6. The average molecular weight is 451 g/mol. The van der Waals surface area contributed by atoms with Gasteiger partial charge in [-0.3, -0.25) is 4.57 Å². The molecule has 2 aromatic heterocycles. The summed E-state index contributed by atoms with van der Waals surface area (Å²) in [6.45, 7) is 0. The molecule has 1 N–H and O–H groups in total. The second kappa shape index (κ2) is 7.94. The van der Waals surface area contributed by atoms with Gasteiger partial charge < -0.3 is 14.8 Å². The Kier molecular flexibility index (Phi) is 5.36. The zero-order chi connectivity index (χ0) is 20.5. The van der Waals surface area contributed by atoms with Crippen molar-refractivity contribution in [3.63, 3.8) is 0 Å². The molecule has 0 aliphatic rings. The molecule has 148 valence electrons. The van der Waals surface area contributed by atoms with Crippen molar-refractivity contribution in [2.45, 2.75) is 0 Å². The molecule has 2 heterocycles. The third-order valence-corrected chi connectivity index (χ3v) is 5.18. The summed E-state index contributed by atoms with van der Waals surface area (Å²) in [5, 5.41) is 4.07. The van der Waals surface area contributed by atoms with E-state index in [2.05, 4.69) is 20.3 Å². The van der Waals surface area contributed by atoms with Gasteiger partial charge in [0.05, 0.1) is 30.9 Å². The molecule has 0 fully saturated rings. The van der Waals surface area contributed by atoms with Crippen LogP contribution in [0.5, 0.6) is 11.5 Å². The minimum Gasteiger partial charge on any atom is -0.495 e. The van der Waals surface area contributed by atoms with Crippen LogP contribution in [-0.4, -0.2) is 33.7 Å². The summed E-state index contributed by atoms with van der Waals surface area (Å²) in [6, 6.07) is 10.8. The molecule has 7 nitrogen and oxygen atoms in total. The van der Waals surface area contributed by atoms with Crippen LogP contribution < -0.4 is 14.8 Å². The lowest BCUT2D eigenvalue weighted by Crippen LogP contribution is -2.05. The van der Waals surface area contributed by atoms with Gasteiger partial charge >= 0.3 is 0 Å². The molecule has 2 aromatic carbocycles. The molecule has 0 saturated heterocycles. The van der Waals surface area contributed by atoms with Crippen LogP contribution in [0.1, 0.15) is 0 Å². The number of para-hydroxylation sites is 2. The number of ether oxygens (including phenoxy) is 2. The second-order valence-corrected chi connectivity index (χ2v) is 7.01. The Balaban J connectivity index is 1.94. The second-order valence-electron chi connectivity index (χ2n) is 5.87. The van der Waals surface area contributed by atoms with Crippen molar-refractivity contribution in [3.8, 4) is 17.3 Å². The van der Waals surface area contributed by atoms with Crippen LogP contribution in [-0.2, 0) is 0 Å². The molecule has 0 aliphatic heterocycles. The molecule has 0 aliphatic carbocycles. The van der Waals surface area contributed by atoms with Crippen molar-refractivity contribution >= 4 is 57.5 Å². The van der Waals surface area contributed by atoms with Gasteiger partial charge in [0.15, 0.2) is 0 Å². The molecule has 4 rings (SSSR count). The maximum Gasteiger partial charge on any atom is 0.214 e. The van der Waals surface area contributed by atoms with Crippen LogP contribution in [0.25, 0.3) is 16.9 Å². The number of imidazole rings is 1. The van der Waals surface area contributed by atoms with Crippen LogP contribution in [0, 0.1) is 0 Å². The minimum absolute atomic E-state index is 0.289. The fourth-order valence-electron chi connectivity index (χ4n) is 2.90. The van der Waals surface area contributed by atoms with Gasteiger partial charge in [0.25, 0.3) is 0 Å². The lowest BCUT2D eigenvalue weighted by Gasteiger charge is -2.16. The number of nitrogens with one attached hydrogen (secondary N) is 1. The minimum atomic E-state index is 0.289. The topological polar surface area (TPSA) is 74.1 Å². The Morgan fingerprint density at radius 3 is 2.28 bits per heavy atom. The molecule has 0 bridgehead atoms. The molecular formula is C19H14Cl3N5O2. The summed E-state index contributed by atoms with van der Waals surface area (Å²) in [7, 11) is 3.02. The highest BCUT2D eigenvalue weighted by atomic mass is 35.5. The Labute approximate surface area is 181 Å². The summed E-state index contributed by atoms with van der Waals surface area (Å²) in [6.07, 6.45) is 1.38. The molecule has 29 heavy (non-hydrogen) atoms. The highest BCUT2D eigenvalue weighted by Crippen LogP contribution is 2.45. The molecule has 0 atom stereocenters. The first-order valence-corrected chi connectivity index (χ1v) is 9.49. The number of hydrogen-bond donors (Lipinski definition) is 1. The largest absolute Gasteiger partial charge is 0.495 e. The van der Waals surface area contributed by atoms with Crippen LogP contribution >= 0.6 is 34.8 Å². The van der Waals surface area contributed by atoms with Gasteiger partial charge in [-0.2, -0.15) is 0 Å². The van der Waals surface area contributed by atoms with Gasteiger partial charge in [-0.1, -0.05) is 46.9 Å². The number of halogens is 3. The Morgan fingerprint density at radius 2 is 1.62 bits per heavy atom. The fraction of sp³-hybridized carbons (Fsp3) is 0.105. The van der Waals surface area contributed by atoms with Crippen molar-refractivity contribution in [3.05, 3.63) is 57.9 Å². The van der Waals surface area contributed by atoms with Crippen molar-refractivity contribution in [2.75, 3.05) is 19.5 Å². The normalized spacial score (nSPS) is 10.9. The first-order chi connectivity index (χ1) is 14.0. The van der Waals surface area contributed by atoms with Crippen LogP contribution in [0.3, 0.4) is 0 Å². The zero-order valence-electron chi connectivity index (χ0n) is 15.3. The average Bonchev–Trinajstić information content (AvgIpc) is 3.09.